The minimum atomic E-state index is -3.54. The number of hydrogen-bond donors (Lipinski definition) is 1. The second kappa shape index (κ2) is 7.23. The van der Waals surface area contributed by atoms with Crippen molar-refractivity contribution in [3.8, 4) is 11.5 Å². The number of sulfonamides is 1. The van der Waals surface area contributed by atoms with Gasteiger partial charge in [0.15, 0.2) is 11.5 Å². The molecule has 130 valence electrons. The van der Waals surface area contributed by atoms with E-state index in [1.807, 2.05) is 32.0 Å². The lowest BCUT2D eigenvalue weighted by atomic mass is 9.85. The van der Waals surface area contributed by atoms with Crippen molar-refractivity contribution in [2.24, 2.45) is 0 Å². The number of hydrogen-bond acceptors (Lipinski definition) is 4. The molecule has 0 radical (unpaired) electrons. The van der Waals surface area contributed by atoms with Crippen LogP contribution in [0.15, 0.2) is 53.4 Å². The number of nitrogens with one attached hydrogen (secondary N) is 1. The van der Waals surface area contributed by atoms with E-state index in [0.717, 1.165) is 5.56 Å². The third kappa shape index (κ3) is 4.07. The van der Waals surface area contributed by atoms with E-state index < -0.39 is 15.4 Å². The van der Waals surface area contributed by atoms with Crippen LogP contribution < -0.4 is 14.2 Å². The highest BCUT2D eigenvalue weighted by atomic mass is 32.2. The maximum absolute atomic E-state index is 12.4. The van der Waals surface area contributed by atoms with Gasteiger partial charge in [0.1, 0.15) is 0 Å². The molecule has 2 aromatic rings. The third-order valence-corrected chi connectivity index (χ3v) is 5.34. The smallest absolute Gasteiger partial charge is 0.240 e. The summed E-state index contributed by atoms with van der Waals surface area (Å²) < 4.78 is 38.0. The van der Waals surface area contributed by atoms with Gasteiger partial charge in [-0.2, -0.15) is 0 Å². The number of methoxy groups -OCH3 is 2. The van der Waals surface area contributed by atoms with Crippen LogP contribution in [0.5, 0.6) is 11.5 Å². The van der Waals surface area contributed by atoms with Gasteiger partial charge in [-0.3, -0.25) is 0 Å². The Kier molecular flexibility index (Phi) is 5.51. The molecule has 0 saturated heterocycles. The fourth-order valence-electron chi connectivity index (χ4n) is 2.32. The Balaban J connectivity index is 2.19. The number of rotatable bonds is 7. The third-order valence-electron chi connectivity index (χ3n) is 3.92. The van der Waals surface area contributed by atoms with Crippen LogP contribution in [0.2, 0.25) is 0 Å². The molecule has 0 spiro atoms. The molecule has 0 saturated carbocycles. The van der Waals surface area contributed by atoms with Crippen LogP contribution in [-0.2, 0) is 15.4 Å². The molecule has 0 aliphatic rings. The summed E-state index contributed by atoms with van der Waals surface area (Å²) in [6.07, 6.45) is 0. The summed E-state index contributed by atoms with van der Waals surface area (Å²) in [6, 6.07) is 13.9. The van der Waals surface area contributed by atoms with Gasteiger partial charge in [0.2, 0.25) is 10.0 Å². The maximum Gasteiger partial charge on any atom is 0.240 e. The molecule has 1 N–H and O–H groups in total. The average Bonchev–Trinajstić information content (AvgIpc) is 2.60. The number of benzene rings is 2. The van der Waals surface area contributed by atoms with Crippen molar-refractivity contribution in [1.82, 2.24) is 4.72 Å². The van der Waals surface area contributed by atoms with Gasteiger partial charge in [-0.05, 0) is 29.8 Å². The molecule has 0 fully saturated rings. The largest absolute Gasteiger partial charge is 0.493 e. The second-order valence-electron chi connectivity index (χ2n) is 6.09. The molecular formula is C18H23NO4S. The molecule has 0 atom stereocenters. The summed E-state index contributed by atoms with van der Waals surface area (Å²) in [5.41, 5.74) is 0.539. The minimum Gasteiger partial charge on any atom is -0.493 e. The highest BCUT2D eigenvalue weighted by Crippen LogP contribution is 2.33. The van der Waals surface area contributed by atoms with Gasteiger partial charge in [0, 0.05) is 12.0 Å². The van der Waals surface area contributed by atoms with Crippen LogP contribution >= 0.6 is 0 Å². The molecule has 2 aromatic carbocycles. The van der Waals surface area contributed by atoms with Crippen molar-refractivity contribution in [3.05, 3.63) is 54.1 Å². The molecule has 5 nitrogen and oxygen atoms in total. The molecule has 0 aliphatic carbocycles. The highest BCUT2D eigenvalue weighted by molar-refractivity contribution is 7.89. The summed E-state index contributed by atoms with van der Waals surface area (Å²) in [4.78, 5) is 0.258. The van der Waals surface area contributed by atoms with Crippen LogP contribution in [0.25, 0.3) is 0 Å². The Morgan fingerprint density at radius 1 is 0.958 bits per heavy atom. The van der Waals surface area contributed by atoms with E-state index in [1.54, 1.807) is 44.6 Å². The van der Waals surface area contributed by atoms with Crippen molar-refractivity contribution in [1.29, 1.82) is 0 Å². The minimum absolute atomic E-state index is 0.258. The zero-order chi connectivity index (χ0) is 17.8. The van der Waals surface area contributed by atoms with Crippen LogP contribution in [0.1, 0.15) is 19.4 Å². The lowest BCUT2D eigenvalue weighted by molar-refractivity contribution is 0.353. The lowest BCUT2D eigenvalue weighted by Crippen LogP contribution is -2.36. The lowest BCUT2D eigenvalue weighted by Gasteiger charge is -2.26. The van der Waals surface area contributed by atoms with Gasteiger partial charge in [-0.15, -0.1) is 0 Å². The average molecular weight is 349 g/mol. The monoisotopic (exact) mass is 349 g/mol. The molecule has 0 amide bonds. The van der Waals surface area contributed by atoms with Gasteiger partial charge in [-0.25, -0.2) is 13.1 Å². The Morgan fingerprint density at radius 2 is 1.58 bits per heavy atom. The highest BCUT2D eigenvalue weighted by Gasteiger charge is 2.25. The molecule has 0 bridgehead atoms. The van der Waals surface area contributed by atoms with E-state index in [4.69, 9.17) is 9.47 Å². The second-order valence-corrected chi connectivity index (χ2v) is 7.86. The zero-order valence-corrected chi connectivity index (χ0v) is 15.2. The first-order chi connectivity index (χ1) is 11.3. The predicted molar refractivity (Wildman–Crippen MR) is 94.2 cm³/mol. The van der Waals surface area contributed by atoms with Gasteiger partial charge in [-0.1, -0.05) is 38.1 Å². The first-order valence-corrected chi connectivity index (χ1v) is 9.06. The van der Waals surface area contributed by atoms with Gasteiger partial charge in [0.25, 0.3) is 0 Å². The van der Waals surface area contributed by atoms with Gasteiger partial charge in [0.05, 0.1) is 19.1 Å². The fraction of sp³-hybridized carbons (Fsp3) is 0.333. The molecule has 0 unspecified atom stereocenters. The Bertz CT molecular complexity index is 786. The van der Waals surface area contributed by atoms with Crippen molar-refractivity contribution in [2.45, 2.75) is 24.2 Å². The summed E-state index contributed by atoms with van der Waals surface area (Å²) in [5.74, 6) is 1.26. The SMILES string of the molecule is COc1ccc(C(C)(C)CNS(=O)(=O)c2ccccc2)cc1OC. The van der Waals surface area contributed by atoms with Gasteiger partial charge < -0.3 is 9.47 Å². The van der Waals surface area contributed by atoms with E-state index in [2.05, 4.69) is 4.72 Å². The summed E-state index contributed by atoms with van der Waals surface area (Å²) in [6.45, 7) is 4.21. The van der Waals surface area contributed by atoms with E-state index in [9.17, 15) is 8.42 Å². The predicted octanol–water partition coefficient (Wildman–Crippen LogP) is 2.96. The molecule has 0 aromatic heterocycles. The normalized spacial score (nSPS) is 12.0. The van der Waals surface area contributed by atoms with Crippen molar-refractivity contribution in [2.75, 3.05) is 20.8 Å². The topological polar surface area (TPSA) is 64.6 Å². The van der Waals surface area contributed by atoms with E-state index >= 15 is 0 Å². The summed E-state index contributed by atoms with van der Waals surface area (Å²) in [7, 11) is -0.380. The van der Waals surface area contributed by atoms with Crippen LogP contribution in [-0.4, -0.2) is 29.2 Å². The fourth-order valence-corrected chi connectivity index (χ4v) is 3.55. The standard InChI is InChI=1S/C18H23NO4S/c1-18(2,14-10-11-16(22-3)17(12-14)23-4)13-19-24(20,21)15-8-6-5-7-9-15/h5-12,19H,13H2,1-4H3. The zero-order valence-electron chi connectivity index (χ0n) is 14.4. The number of ether oxygens (including phenoxy) is 2. The van der Waals surface area contributed by atoms with Crippen molar-refractivity contribution in [3.63, 3.8) is 0 Å². The van der Waals surface area contributed by atoms with E-state index in [0.29, 0.717) is 11.5 Å². The Labute approximate surface area is 143 Å². The molecule has 2 rings (SSSR count). The van der Waals surface area contributed by atoms with Crippen molar-refractivity contribution >= 4 is 10.0 Å². The molecule has 0 heterocycles. The maximum atomic E-state index is 12.4. The first kappa shape index (κ1) is 18.3. The van der Waals surface area contributed by atoms with Crippen LogP contribution in [0, 0.1) is 0 Å². The first-order valence-electron chi connectivity index (χ1n) is 7.57. The molecule has 24 heavy (non-hydrogen) atoms. The molecule has 0 aliphatic heterocycles. The summed E-state index contributed by atoms with van der Waals surface area (Å²) >= 11 is 0. The van der Waals surface area contributed by atoms with Crippen LogP contribution in [0.4, 0.5) is 0 Å². The Hall–Kier alpha value is -2.05. The van der Waals surface area contributed by atoms with Crippen LogP contribution in [0.3, 0.4) is 0 Å². The van der Waals surface area contributed by atoms with Crippen molar-refractivity contribution < 1.29 is 17.9 Å². The summed E-state index contributed by atoms with van der Waals surface area (Å²) in [5, 5.41) is 0. The van der Waals surface area contributed by atoms with E-state index in [-0.39, 0.29) is 11.4 Å². The Morgan fingerprint density at radius 3 is 2.17 bits per heavy atom. The van der Waals surface area contributed by atoms with E-state index in [1.165, 1.54) is 0 Å². The molecule has 6 heteroatoms. The molecular weight excluding hydrogens is 326 g/mol. The van der Waals surface area contributed by atoms with Gasteiger partial charge >= 0.3 is 0 Å². The quantitative estimate of drug-likeness (QED) is 0.835.